The van der Waals surface area contributed by atoms with E-state index in [0.29, 0.717) is 17.1 Å². The van der Waals surface area contributed by atoms with E-state index in [4.69, 9.17) is 4.74 Å². The molecule has 2 unspecified atom stereocenters. The highest BCUT2D eigenvalue weighted by Crippen LogP contribution is 2.77. The third kappa shape index (κ3) is 1.15. The number of fused-ring (bicyclic) bond motifs is 2. The van der Waals surface area contributed by atoms with E-state index in [2.05, 4.69) is 30.1 Å². The Hall–Kier alpha value is -1.02. The highest BCUT2D eigenvalue weighted by molar-refractivity contribution is 5.59. The normalized spacial score (nSPS) is 48.5. The Morgan fingerprint density at radius 3 is 2.90 bits per heavy atom. The highest BCUT2D eigenvalue weighted by Gasteiger charge is 2.80. The minimum absolute atomic E-state index is 0.419. The molecule has 6 rings (SSSR count). The fourth-order valence-corrected chi connectivity index (χ4v) is 6.40. The SMILES string of the molecule is CN1[C@@H]2[C@H]3CCCC[C@]34CC21c1ccc(OC2CC2)cc14. The van der Waals surface area contributed by atoms with Gasteiger partial charge in [0.25, 0.3) is 0 Å². The van der Waals surface area contributed by atoms with Gasteiger partial charge in [0.2, 0.25) is 0 Å². The van der Waals surface area contributed by atoms with Gasteiger partial charge < -0.3 is 4.74 Å². The van der Waals surface area contributed by atoms with Crippen molar-refractivity contribution in [3.8, 4) is 5.75 Å². The van der Waals surface area contributed by atoms with E-state index in [-0.39, 0.29) is 0 Å². The Bertz CT molecular complexity index is 651. The second-order valence-electron chi connectivity index (χ2n) is 8.19. The van der Waals surface area contributed by atoms with Gasteiger partial charge in [0, 0.05) is 11.5 Å². The van der Waals surface area contributed by atoms with Crippen molar-refractivity contribution in [2.24, 2.45) is 5.92 Å². The van der Waals surface area contributed by atoms with Crippen LogP contribution < -0.4 is 4.74 Å². The molecule has 110 valence electrons. The van der Waals surface area contributed by atoms with Crippen LogP contribution in [0.4, 0.5) is 0 Å². The largest absolute Gasteiger partial charge is 0.490 e. The van der Waals surface area contributed by atoms with Gasteiger partial charge in [-0.2, -0.15) is 0 Å². The minimum Gasteiger partial charge on any atom is -0.490 e. The average molecular weight is 281 g/mol. The van der Waals surface area contributed by atoms with Crippen molar-refractivity contribution < 1.29 is 4.74 Å². The summed E-state index contributed by atoms with van der Waals surface area (Å²) in [6.07, 6.45) is 10.1. The van der Waals surface area contributed by atoms with E-state index < -0.39 is 0 Å². The first-order valence-corrected chi connectivity index (χ1v) is 8.80. The monoisotopic (exact) mass is 281 g/mol. The van der Waals surface area contributed by atoms with Gasteiger partial charge in [0.05, 0.1) is 11.6 Å². The number of piperidine rings is 1. The zero-order valence-corrected chi connectivity index (χ0v) is 12.8. The van der Waals surface area contributed by atoms with Crippen molar-refractivity contribution >= 4 is 0 Å². The molecule has 0 aromatic heterocycles. The molecule has 2 heteroatoms. The number of ether oxygens (including phenoxy) is 1. The lowest BCUT2D eigenvalue weighted by molar-refractivity contribution is 0.172. The van der Waals surface area contributed by atoms with Gasteiger partial charge in [-0.15, -0.1) is 0 Å². The summed E-state index contributed by atoms with van der Waals surface area (Å²) in [6.45, 7) is 0. The molecule has 2 nitrogen and oxygen atoms in total. The smallest absolute Gasteiger partial charge is 0.120 e. The lowest BCUT2D eigenvalue weighted by Crippen LogP contribution is -2.38. The van der Waals surface area contributed by atoms with Gasteiger partial charge in [-0.3, -0.25) is 4.90 Å². The molecular weight excluding hydrogens is 258 g/mol. The van der Waals surface area contributed by atoms with Crippen LogP contribution in [0.2, 0.25) is 0 Å². The maximum atomic E-state index is 6.09. The van der Waals surface area contributed by atoms with Gasteiger partial charge in [0.15, 0.2) is 0 Å². The first kappa shape index (κ1) is 11.5. The first-order chi connectivity index (χ1) is 10.3. The summed E-state index contributed by atoms with van der Waals surface area (Å²) in [6, 6.07) is 7.93. The van der Waals surface area contributed by atoms with E-state index in [0.717, 1.165) is 17.7 Å². The van der Waals surface area contributed by atoms with Gasteiger partial charge in [-0.1, -0.05) is 18.9 Å². The summed E-state index contributed by atoms with van der Waals surface area (Å²) < 4.78 is 6.09. The van der Waals surface area contributed by atoms with Crippen LogP contribution in [0.3, 0.4) is 0 Å². The number of rotatable bonds is 2. The van der Waals surface area contributed by atoms with Crippen LogP contribution >= 0.6 is 0 Å². The van der Waals surface area contributed by atoms with Crippen molar-refractivity contribution in [1.82, 2.24) is 4.90 Å². The van der Waals surface area contributed by atoms with Crippen molar-refractivity contribution in [2.75, 3.05) is 7.05 Å². The summed E-state index contributed by atoms with van der Waals surface area (Å²) in [5.74, 6) is 2.05. The van der Waals surface area contributed by atoms with Crippen molar-refractivity contribution in [3.05, 3.63) is 29.3 Å². The fraction of sp³-hybridized carbons (Fsp3) is 0.684. The van der Waals surface area contributed by atoms with Crippen LogP contribution in [0.25, 0.3) is 0 Å². The van der Waals surface area contributed by atoms with Gasteiger partial charge in [-0.05, 0) is 68.3 Å². The van der Waals surface area contributed by atoms with Gasteiger partial charge >= 0.3 is 0 Å². The Balaban J connectivity index is 1.52. The van der Waals surface area contributed by atoms with E-state index in [1.807, 2.05) is 0 Å². The van der Waals surface area contributed by atoms with Crippen molar-refractivity contribution in [1.29, 1.82) is 0 Å². The Labute approximate surface area is 126 Å². The van der Waals surface area contributed by atoms with Gasteiger partial charge in [0.1, 0.15) is 5.75 Å². The molecule has 0 N–H and O–H groups in total. The maximum Gasteiger partial charge on any atom is 0.120 e. The summed E-state index contributed by atoms with van der Waals surface area (Å²) in [5.41, 5.74) is 4.25. The van der Waals surface area contributed by atoms with E-state index >= 15 is 0 Å². The number of hydrogen-bond donors (Lipinski definition) is 0. The van der Waals surface area contributed by atoms with Crippen molar-refractivity contribution in [2.45, 2.75) is 68.0 Å². The molecule has 5 atom stereocenters. The Kier molecular flexibility index (Phi) is 1.82. The second kappa shape index (κ2) is 3.32. The average Bonchev–Trinajstić information content (AvgIpc) is 3.35. The van der Waals surface area contributed by atoms with Crippen LogP contribution in [-0.2, 0) is 11.0 Å². The maximum absolute atomic E-state index is 6.09. The molecule has 4 fully saturated rings. The van der Waals surface area contributed by atoms with Crippen LogP contribution in [0.1, 0.15) is 56.1 Å². The molecule has 1 aromatic carbocycles. The lowest BCUT2D eigenvalue weighted by Gasteiger charge is -2.41. The van der Waals surface area contributed by atoms with Crippen LogP contribution in [-0.4, -0.2) is 24.1 Å². The molecule has 1 aliphatic heterocycles. The predicted octanol–water partition coefficient (Wildman–Crippen LogP) is 3.58. The molecule has 2 bridgehead atoms. The quantitative estimate of drug-likeness (QED) is 0.768. The highest BCUT2D eigenvalue weighted by atomic mass is 16.5. The summed E-state index contributed by atoms with van der Waals surface area (Å²) in [4.78, 5) is 2.68. The zero-order valence-electron chi connectivity index (χ0n) is 12.8. The zero-order chi connectivity index (χ0) is 13.8. The van der Waals surface area contributed by atoms with Crippen LogP contribution in [0, 0.1) is 5.92 Å². The minimum atomic E-state index is 0.419. The van der Waals surface area contributed by atoms with Crippen molar-refractivity contribution in [3.63, 3.8) is 0 Å². The van der Waals surface area contributed by atoms with E-state index in [1.165, 1.54) is 44.9 Å². The summed E-state index contributed by atoms with van der Waals surface area (Å²) >= 11 is 0. The molecule has 1 heterocycles. The molecule has 0 radical (unpaired) electrons. The molecule has 5 aliphatic rings. The second-order valence-corrected chi connectivity index (χ2v) is 8.19. The molecule has 21 heavy (non-hydrogen) atoms. The number of likely N-dealkylation sites (N-methyl/N-ethyl adjacent to an activating group) is 1. The van der Waals surface area contributed by atoms with E-state index in [1.54, 1.807) is 11.1 Å². The third-order valence-corrected chi connectivity index (χ3v) is 7.35. The van der Waals surface area contributed by atoms with Crippen LogP contribution in [0.5, 0.6) is 5.75 Å². The Morgan fingerprint density at radius 1 is 1.14 bits per heavy atom. The molecule has 2 spiro atoms. The molecule has 1 aromatic rings. The number of nitrogens with zero attached hydrogens (tertiary/aromatic N) is 1. The number of benzene rings is 1. The fourth-order valence-electron chi connectivity index (χ4n) is 6.40. The molecule has 4 aliphatic carbocycles. The molecule has 3 saturated carbocycles. The van der Waals surface area contributed by atoms with Crippen LogP contribution in [0.15, 0.2) is 18.2 Å². The van der Waals surface area contributed by atoms with E-state index in [9.17, 15) is 0 Å². The first-order valence-electron chi connectivity index (χ1n) is 8.80. The molecular formula is C19H23NO. The Morgan fingerprint density at radius 2 is 2.05 bits per heavy atom. The standard InChI is InChI=1S/C19H23NO/c1-20-17-15-4-2-3-9-18(15)11-19(17,20)14-8-7-13(10-16(14)18)21-12-5-6-12/h7-8,10,12,15,17H,2-6,9,11H2,1H3/t15-,17-,18+,19?,20?/m1/s1. The summed E-state index contributed by atoms with van der Waals surface area (Å²) in [7, 11) is 2.35. The third-order valence-electron chi connectivity index (χ3n) is 7.35. The topological polar surface area (TPSA) is 12.2 Å². The molecule has 1 saturated heterocycles. The number of hydrogen-bond acceptors (Lipinski definition) is 2. The number of likely N-dealkylation sites (tertiary alicyclic amines) is 1. The van der Waals surface area contributed by atoms with Gasteiger partial charge in [-0.25, -0.2) is 0 Å². The predicted molar refractivity (Wildman–Crippen MR) is 81.6 cm³/mol. The summed E-state index contributed by atoms with van der Waals surface area (Å²) in [5, 5.41) is 0. The molecule has 0 amide bonds. The lowest BCUT2D eigenvalue weighted by atomic mass is 9.63.